The van der Waals surface area contributed by atoms with Crippen molar-refractivity contribution in [1.29, 1.82) is 0 Å². The highest BCUT2D eigenvalue weighted by Crippen LogP contribution is 2.32. The molecular weight excluding hydrogens is 382 g/mol. The van der Waals surface area contributed by atoms with E-state index in [1.807, 2.05) is 54.6 Å². The molecule has 30 heavy (non-hydrogen) atoms. The molecule has 1 N–H and O–H groups in total. The summed E-state index contributed by atoms with van der Waals surface area (Å²) in [6, 6.07) is 18.2. The van der Waals surface area contributed by atoms with Crippen LogP contribution in [0.3, 0.4) is 0 Å². The molecule has 2 heterocycles. The van der Waals surface area contributed by atoms with Gasteiger partial charge in [-0.3, -0.25) is 9.69 Å². The molecule has 0 radical (unpaired) electrons. The van der Waals surface area contributed by atoms with E-state index in [9.17, 15) is 9.59 Å². The number of aromatic nitrogens is 1. The number of carbonyl (C=O) groups excluding carboxylic acids is 2. The zero-order valence-electron chi connectivity index (χ0n) is 16.5. The topological polar surface area (TPSA) is 84.7 Å². The molecule has 1 aliphatic rings. The van der Waals surface area contributed by atoms with Crippen LogP contribution < -0.4 is 10.1 Å². The number of urea groups is 1. The lowest BCUT2D eigenvalue weighted by Crippen LogP contribution is -2.40. The average Bonchev–Trinajstić information content (AvgIpc) is 3.27. The summed E-state index contributed by atoms with van der Waals surface area (Å²) in [6.45, 7) is 1.68. The molecule has 0 spiro atoms. The van der Waals surface area contributed by atoms with Gasteiger partial charge < -0.3 is 14.5 Å². The monoisotopic (exact) mass is 401 g/mol. The maximum atomic E-state index is 13.2. The van der Waals surface area contributed by atoms with E-state index in [0.29, 0.717) is 22.6 Å². The Morgan fingerprint density at radius 2 is 1.83 bits per heavy atom. The van der Waals surface area contributed by atoms with Gasteiger partial charge in [0.05, 0.1) is 7.11 Å². The number of amides is 3. The molecule has 1 aliphatic heterocycles. The Bertz CT molecular complexity index is 1280. The van der Waals surface area contributed by atoms with Crippen molar-refractivity contribution >= 4 is 33.8 Å². The second-order valence-electron chi connectivity index (χ2n) is 7.45. The van der Waals surface area contributed by atoms with Crippen LogP contribution in [0.15, 0.2) is 65.1 Å². The van der Waals surface area contributed by atoms with E-state index in [-0.39, 0.29) is 12.5 Å². The number of benzene rings is 3. The first-order valence-electron chi connectivity index (χ1n) is 9.55. The van der Waals surface area contributed by atoms with Crippen molar-refractivity contribution in [3.05, 3.63) is 72.1 Å². The Morgan fingerprint density at radius 1 is 1.07 bits per heavy atom. The smallest absolute Gasteiger partial charge is 0.325 e. The predicted octanol–water partition coefficient (Wildman–Crippen LogP) is 3.96. The van der Waals surface area contributed by atoms with Crippen LogP contribution in [0.1, 0.15) is 18.4 Å². The van der Waals surface area contributed by atoms with Crippen LogP contribution in [0.2, 0.25) is 0 Å². The average molecular weight is 401 g/mol. The summed E-state index contributed by atoms with van der Waals surface area (Å²) in [5.41, 5.74) is 0.843. The molecule has 3 aromatic carbocycles. The summed E-state index contributed by atoms with van der Waals surface area (Å²) in [6.07, 6.45) is 0. The maximum Gasteiger partial charge on any atom is 0.325 e. The van der Waals surface area contributed by atoms with Crippen LogP contribution in [0.25, 0.3) is 21.9 Å². The van der Waals surface area contributed by atoms with Gasteiger partial charge in [-0.15, -0.1) is 0 Å². The number of methoxy groups -OCH3 is 1. The fraction of sp³-hybridized carbons (Fsp3) is 0.174. The highest BCUT2D eigenvalue weighted by Gasteiger charge is 2.49. The van der Waals surface area contributed by atoms with Crippen LogP contribution in [-0.2, 0) is 16.9 Å². The first kappa shape index (κ1) is 18.2. The summed E-state index contributed by atoms with van der Waals surface area (Å²) in [7, 11) is 1.62. The first-order valence-corrected chi connectivity index (χ1v) is 9.55. The number of oxazole rings is 1. The Hall–Kier alpha value is -3.87. The molecule has 1 unspecified atom stereocenters. The van der Waals surface area contributed by atoms with Gasteiger partial charge in [-0.2, -0.15) is 0 Å². The number of fused-ring (bicyclic) bond motifs is 2. The SMILES string of the molecule is COc1ccc2cc(C3(C)NC(=O)N(Cc4nc5ccccc5o4)C3=O)ccc2c1. The third-order valence-corrected chi connectivity index (χ3v) is 5.53. The highest BCUT2D eigenvalue weighted by molar-refractivity contribution is 6.07. The molecule has 1 fully saturated rings. The van der Waals surface area contributed by atoms with E-state index in [4.69, 9.17) is 9.15 Å². The number of para-hydroxylation sites is 2. The number of imide groups is 1. The summed E-state index contributed by atoms with van der Waals surface area (Å²) >= 11 is 0. The second-order valence-corrected chi connectivity index (χ2v) is 7.45. The van der Waals surface area contributed by atoms with Gasteiger partial charge in [0.2, 0.25) is 5.89 Å². The molecule has 7 heteroatoms. The van der Waals surface area contributed by atoms with Crippen LogP contribution in [0.5, 0.6) is 5.75 Å². The number of rotatable bonds is 4. The first-order chi connectivity index (χ1) is 14.5. The van der Waals surface area contributed by atoms with Crippen LogP contribution >= 0.6 is 0 Å². The standard InChI is InChI=1S/C23H19N3O4/c1-23(16-9-7-15-12-17(29-2)10-8-14(15)11-16)21(27)26(22(28)25-23)13-20-24-18-5-3-4-6-19(18)30-20/h3-12H,13H2,1-2H3,(H,25,28). The zero-order chi connectivity index (χ0) is 20.9. The van der Waals surface area contributed by atoms with Crippen molar-refractivity contribution in [1.82, 2.24) is 15.2 Å². The van der Waals surface area contributed by atoms with Crippen LogP contribution in [-0.4, -0.2) is 28.9 Å². The molecule has 0 bridgehead atoms. The zero-order valence-corrected chi connectivity index (χ0v) is 16.5. The molecule has 1 saturated heterocycles. The van der Waals surface area contributed by atoms with Crippen molar-refractivity contribution in [2.24, 2.45) is 0 Å². The van der Waals surface area contributed by atoms with Gasteiger partial charge in [0.25, 0.3) is 5.91 Å². The number of ether oxygens (including phenoxy) is 1. The summed E-state index contributed by atoms with van der Waals surface area (Å²) < 4.78 is 10.9. The Labute approximate surface area is 172 Å². The Kier molecular flexibility index (Phi) is 3.99. The number of hydrogen-bond acceptors (Lipinski definition) is 5. The highest BCUT2D eigenvalue weighted by atomic mass is 16.5. The van der Waals surface area contributed by atoms with Crippen molar-refractivity contribution < 1.29 is 18.7 Å². The minimum atomic E-state index is -1.17. The molecular formula is C23H19N3O4. The summed E-state index contributed by atoms with van der Waals surface area (Å²) in [5, 5.41) is 4.77. The molecule has 150 valence electrons. The van der Waals surface area contributed by atoms with Gasteiger partial charge in [-0.05, 0) is 53.6 Å². The largest absolute Gasteiger partial charge is 0.497 e. The van der Waals surface area contributed by atoms with Crippen molar-refractivity contribution in [3.8, 4) is 5.75 Å². The van der Waals surface area contributed by atoms with Crippen molar-refractivity contribution in [2.75, 3.05) is 7.11 Å². The Morgan fingerprint density at radius 3 is 2.63 bits per heavy atom. The van der Waals surface area contributed by atoms with Crippen LogP contribution in [0, 0.1) is 0 Å². The minimum absolute atomic E-state index is 0.0281. The lowest BCUT2D eigenvalue weighted by molar-refractivity contribution is -0.131. The van der Waals surface area contributed by atoms with E-state index >= 15 is 0 Å². The maximum absolute atomic E-state index is 13.2. The van der Waals surface area contributed by atoms with E-state index in [1.54, 1.807) is 20.1 Å². The molecule has 0 saturated carbocycles. The van der Waals surface area contributed by atoms with Gasteiger partial charge in [0, 0.05) is 0 Å². The fourth-order valence-corrected chi connectivity index (χ4v) is 3.82. The molecule has 7 nitrogen and oxygen atoms in total. The molecule has 1 aromatic heterocycles. The predicted molar refractivity (Wildman–Crippen MR) is 111 cm³/mol. The molecule has 1 atom stereocenters. The van der Waals surface area contributed by atoms with E-state index in [0.717, 1.165) is 21.4 Å². The lowest BCUT2D eigenvalue weighted by Gasteiger charge is -2.22. The fourth-order valence-electron chi connectivity index (χ4n) is 3.82. The quantitative estimate of drug-likeness (QED) is 0.523. The second kappa shape index (κ2) is 6.59. The molecule has 0 aliphatic carbocycles. The van der Waals surface area contributed by atoms with Crippen molar-refractivity contribution in [3.63, 3.8) is 0 Å². The number of carbonyl (C=O) groups is 2. The van der Waals surface area contributed by atoms with Gasteiger partial charge in [0.15, 0.2) is 5.58 Å². The molecule has 4 aromatic rings. The summed E-state index contributed by atoms with van der Waals surface area (Å²) in [5.74, 6) is 0.730. The van der Waals surface area contributed by atoms with E-state index in [2.05, 4.69) is 10.3 Å². The number of nitrogens with one attached hydrogen (secondary N) is 1. The number of nitrogens with zero attached hydrogens (tertiary/aromatic N) is 2. The third-order valence-electron chi connectivity index (χ3n) is 5.53. The number of hydrogen-bond donors (Lipinski definition) is 1. The van der Waals surface area contributed by atoms with Crippen LogP contribution in [0.4, 0.5) is 4.79 Å². The molecule has 5 rings (SSSR count). The van der Waals surface area contributed by atoms with Gasteiger partial charge >= 0.3 is 6.03 Å². The van der Waals surface area contributed by atoms with Gasteiger partial charge in [-0.25, -0.2) is 9.78 Å². The van der Waals surface area contributed by atoms with Gasteiger partial charge in [0.1, 0.15) is 23.3 Å². The van der Waals surface area contributed by atoms with E-state index in [1.165, 1.54) is 0 Å². The normalized spacial score (nSPS) is 18.9. The minimum Gasteiger partial charge on any atom is -0.497 e. The lowest BCUT2D eigenvalue weighted by atomic mass is 9.90. The third kappa shape index (κ3) is 2.78. The Balaban J connectivity index is 1.46. The van der Waals surface area contributed by atoms with E-state index < -0.39 is 11.6 Å². The van der Waals surface area contributed by atoms with Crippen molar-refractivity contribution in [2.45, 2.75) is 19.0 Å². The summed E-state index contributed by atoms with van der Waals surface area (Å²) in [4.78, 5) is 31.4. The van der Waals surface area contributed by atoms with Gasteiger partial charge in [-0.1, -0.05) is 30.3 Å². The molecule has 3 amide bonds.